The normalized spacial score (nSPS) is 16.4. The number of likely N-dealkylation sites (N-methyl/N-ethyl adjacent to an activating group) is 1. The second-order valence-corrected chi connectivity index (χ2v) is 5.24. The molecule has 0 amide bonds. The van der Waals surface area contributed by atoms with Gasteiger partial charge in [-0.3, -0.25) is 0 Å². The summed E-state index contributed by atoms with van der Waals surface area (Å²) in [7, 11) is 3.84. The van der Waals surface area contributed by atoms with Crippen molar-refractivity contribution in [2.45, 2.75) is 5.92 Å². The molecule has 1 heterocycles. The highest BCUT2D eigenvalue weighted by atomic mass is 16.5. The monoisotopic (exact) mass is 268 g/mol. The number of hydrogen-bond donors (Lipinski definition) is 1. The maximum absolute atomic E-state index is 5.20. The van der Waals surface area contributed by atoms with Gasteiger partial charge in [-0.25, -0.2) is 0 Å². The highest BCUT2D eigenvalue weighted by Gasteiger charge is 2.22. The number of methoxy groups -OCH3 is 1. The van der Waals surface area contributed by atoms with E-state index in [9.17, 15) is 0 Å². The first kappa shape index (κ1) is 12.9. The number of fused-ring (bicyclic) bond motifs is 1. The standard InChI is InChI=1S/C17H20N2O/c1-19(14-7-9-15(20-2)10-8-14)12-13-11-18-17-6-4-3-5-16(13)17/h3-10,13,18H,11-12H2,1-2H3. The summed E-state index contributed by atoms with van der Waals surface area (Å²) in [5, 5.41) is 3.48. The fourth-order valence-corrected chi connectivity index (χ4v) is 2.79. The van der Waals surface area contributed by atoms with Crippen LogP contribution in [0.25, 0.3) is 0 Å². The molecule has 0 saturated heterocycles. The van der Waals surface area contributed by atoms with E-state index in [2.05, 4.69) is 53.7 Å². The van der Waals surface area contributed by atoms with Crippen molar-refractivity contribution in [1.82, 2.24) is 0 Å². The maximum Gasteiger partial charge on any atom is 0.119 e. The highest BCUT2D eigenvalue weighted by molar-refractivity contribution is 5.58. The second-order valence-electron chi connectivity index (χ2n) is 5.24. The van der Waals surface area contributed by atoms with Crippen molar-refractivity contribution < 1.29 is 4.74 Å². The van der Waals surface area contributed by atoms with Gasteiger partial charge in [0.2, 0.25) is 0 Å². The van der Waals surface area contributed by atoms with Gasteiger partial charge in [0.1, 0.15) is 5.75 Å². The summed E-state index contributed by atoms with van der Waals surface area (Å²) in [6.45, 7) is 2.02. The molecule has 2 aromatic rings. The molecule has 1 atom stereocenters. The van der Waals surface area contributed by atoms with E-state index in [0.29, 0.717) is 5.92 Å². The van der Waals surface area contributed by atoms with Crippen molar-refractivity contribution in [3.05, 3.63) is 54.1 Å². The van der Waals surface area contributed by atoms with Crippen LogP contribution in [-0.2, 0) is 0 Å². The maximum atomic E-state index is 5.20. The Kier molecular flexibility index (Phi) is 3.50. The van der Waals surface area contributed by atoms with Crippen molar-refractivity contribution in [3.8, 4) is 5.75 Å². The van der Waals surface area contributed by atoms with Gasteiger partial charge in [-0.15, -0.1) is 0 Å². The van der Waals surface area contributed by atoms with Crippen LogP contribution in [0.2, 0.25) is 0 Å². The van der Waals surface area contributed by atoms with Crippen LogP contribution in [0.3, 0.4) is 0 Å². The van der Waals surface area contributed by atoms with Gasteiger partial charge in [0, 0.05) is 37.4 Å². The number of nitrogens with one attached hydrogen (secondary N) is 1. The number of nitrogens with zero attached hydrogens (tertiary/aromatic N) is 1. The Labute approximate surface area is 120 Å². The van der Waals surface area contributed by atoms with Crippen LogP contribution in [-0.4, -0.2) is 27.2 Å². The minimum absolute atomic E-state index is 0.540. The summed E-state index contributed by atoms with van der Waals surface area (Å²) >= 11 is 0. The largest absolute Gasteiger partial charge is 0.497 e. The number of benzene rings is 2. The number of hydrogen-bond acceptors (Lipinski definition) is 3. The quantitative estimate of drug-likeness (QED) is 0.920. The average molecular weight is 268 g/mol. The fraction of sp³-hybridized carbons (Fsp3) is 0.294. The zero-order valence-electron chi connectivity index (χ0n) is 12.0. The molecule has 3 heteroatoms. The van der Waals surface area contributed by atoms with Crippen molar-refractivity contribution in [1.29, 1.82) is 0 Å². The number of rotatable bonds is 4. The summed E-state index contributed by atoms with van der Waals surface area (Å²) in [6, 6.07) is 16.8. The van der Waals surface area contributed by atoms with E-state index >= 15 is 0 Å². The highest BCUT2D eigenvalue weighted by Crippen LogP contribution is 2.32. The van der Waals surface area contributed by atoms with E-state index < -0.39 is 0 Å². The van der Waals surface area contributed by atoms with Crippen LogP contribution in [0.15, 0.2) is 48.5 Å². The zero-order valence-corrected chi connectivity index (χ0v) is 12.0. The first-order valence-corrected chi connectivity index (χ1v) is 6.96. The lowest BCUT2D eigenvalue weighted by Gasteiger charge is -2.23. The van der Waals surface area contributed by atoms with Gasteiger partial charge in [0.15, 0.2) is 0 Å². The van der Waals surface area contributed by atoms with E-state index in [1.165, 1.54) is 16.9 Å². The molecule has 1 aliphatic heterocycles. The molecule has 0 aliphatic carbocycles. The number of ether oxygens (including phenoxy) is 1. The van der Waals surface area contributed by atoms with E-state index in [0.717, 1.165) is 18.8 Å². The predicted octanol–water partition coefficient (Wildman–Crippen LogP) is 3.34. The Balaban J connectivity index is 1.71. The minimum Gasteiger partial charge on any atom is -0.497 e. The Morgan fingerprint density at radius 2 is 1.90 bits per heavy atom. The van der Waals surface area contributed by atoms with Gasteiger partial charge in [-0.1, -0.05) is 18.2 Å². The topological polar surface area (TPSA) is 24.5 Å². The SMILES string of the molecule is COc1ccc(N(C)CC2CNc3ccccc32)cc1. The predicted molar refractivity (Wildman–Crippen MR) is 83.9 cm³/mol. The molecule has 2 aromatic carbocycles. The molecule has 3 nitrogen and oxygen atoms in total. The Hall–Kier alpha value is -2.16. The molecule has 0 radical (unpaired) electrons. The first-order chi connectivity index (χ1) is 9.78. The number of anilines is 2. The van der Waals surface area contributed by atoms with Crippen LogP contribution in [0, 0.1) is 0 Å². The Morgan fingerprint density at radius 3 is 2.65 bits per heavy atom. The Bertz CT molecular complexity index is 580. The van der Waals surface area contributed by atoms with Crippen molar-refractivity contribution in [3.63, 3.8) is 0 Å². The smallest absolute Gasteiger partial charge is 0.119 e. The lowest BCUT2D eigenvalue weighted by molar-refractivity contribution is 0.415. The van der Waals surface area contributed by atoms with Gasteiger partial charge >= 0.3 is 0 Å². The molecule has 104 valence electrons. The third kappa shape index (κ3) is 2.44. The molecule has 1 N–H and O–H groups in total. The minimum atomic E-state index is 0.540. The van der Waals surface area contributed by atoms with Crippen LogP contribution >= 0.6 is 0 Å². The molecule has 0 aromatic heterocycles. The lowest BCUT2D eigenvalue weighted by atomic mass is 10.0. The van der Waals surface area contributed by atoms with Gasteiger partial charge < -0.3 is 15.0 Å². The summed E-state index contributed by atoms with van der Waals surface area (Å²) in [6.07, 6.45) is 0. The van der Waals surface area contributed by atoms with Crippen molar-refractivity contribution in [2.24, 2.45) is 0 Å². The van der Waals surface area contributed by atoms with Crippen molar-refractivity contribution >= 4 is 11.4 Å². The Morgan fingerprint density at radius 1 is 1.15 bits per heavy atom. The van der Waals surface area contributed by atoms with Crippen LogP contribution in [0.5, 0.6) is 5.75 Å². The average Bonchev–Trinajstić information content (AvgIpc) is 2.91. The van der Waals surface area contributed by atoms with Crippen LogP contribution in [0.1, 0.15) is 11.5 Å². The molecule has 1 aliphatic rings. The van der Waals surface area contributed by atoms with Gasteiger partial charge in [-0.05, 0) is 35.9 Å². The molecule has 3 rings (SSSR count). The van der Waals surface area contributed by atoms with E-state index in [-0.39, 0.29) is 0 Å². The molecule has 0 saturated carbocycles. The van der Waals surface area contributed by atoms with Gasteiger partial charge in [0.05, 0.1) is 7.11 Å². The van der Waals surface area contributed by atoms with Gasteiger partial charge in [0.25, 0.3) is 0 Å². The summed E-state index contributed by atoms with van der Waals surface area (Å²) in [5.74, 6) is 1.44. The summed E-state index contributed by atoms with van der Waals surface area (Å²) < 4.78 is 5.20. The first-order valence-electron chi connectivity index (χ1n) is 6.96. The zero-order chi connectivity index (χ0) is 13.9. The third-order valence-electron chi connectivity index (χ3n) is 3.95. The molecule has 1 unspecified atom stereocenters. The lowest BCUT2D eigenvalue weighted by Crippen LogP contribution is -2.25. The molecule has 0 fully saturated rings. The third-order valence-corrected chi connectivity index (χ3v) is 3.95. The molecular weight excluding hydrogens is 248 g/mol. The van der Waals surface area contributed by atoms with E-state index in [4.69, 9.17) is 4.74 Å². The van der Waals surface area contributed by atoms with Crippen LogP contribution in [0.4, 0.5) is 11.4 Å². The van der Waals surface area contributed by atoms with Crippen LogP contribution < -0.4 is 15.0 Å². The molecule has 0 bridgehead atoms. The summed E-state index contributed by atoms with van der Waals surface area (Å²) in [5.41, 5.74) is 3.92. The number of para-hydroxylation sites is 1. The molecule has 20 heavy (non-hydrogen) atoms. The second kappa shape index (κ2) is 5.45. The summed E-state index contributed by atoms with van der Waals surface area (Å²) in [4.78, 5) is 2.30. The van der Waals surface area contributed by atoms with E-state index in [1.54, 1.807) is 7.11 Å². The van der Waals surface area contributed by atoms with E-state index in [1.807, 2.05) is 12.1 Å². The molecular formula is C17H20N2O. The van der Waals surface area contributed by atoms with Gasteiger partial charge in [-0.2, -0.15) is 0 Å². The molecule has 0 spiro atoms. The fourth-order valence-electron chi connectivity index (χ4n) is 2.79. The van der Waals surface area contributed by atoms with Crippen molar-refractivity contribution in [2.75, 3.05) is 37.5 Å².